The van der Waals surface area contributed by atoms with Crippen molar-refractivity contribution in [3.05, 3.63) is 0 Å². The van der Waals surface area contributed by atoms with E-state index in [-0.39, 0.29) is 17.6 Å². The van der Waals surface area contributed by atoms with Gasteiger partial charge in [0.25, 0.3) is 0 Å². The molecule has 0 spiro atoms. The topological polar surface area (TPSA) is 215 Å². The van der Waals surface area contributed by atoms with Crippen LogP contribution in [-0.4, -0.2) is 71.2 Å². The minimum atomic E-state index is -1.21. The quantitative estimate of drug-likeness (QED) is 0.0652. The Hall–Kier alpha value is -2.54. The average Bonchev–Trinajstić information content (AvgIpc) is 2.65. The number of aliphatic carboxylic acids is 1. The fraction of sp³-hybridized carbons (Fsp3) is 0.706. The van der Waals surface area contributed by atoms with Crippen LogP contribution in [0.2, 0.25) is 0 Å². The second-order valence-electron chi connectivity index (χ2n) is 7.10. The van der Waals surface area contributed by atoms with Crippen LogP contribution in [0.1, 0.15) is 33.6 Å². The van der Waals surface area contributed by atoms with Crippen LogP contribution in [0.5, 0.6) is 0 Å². The summed E-state index contributed by atoms with van der Waals surface area (Å²) in [6.07, 6.45) is 0.790. The van der Waals surface area contributed by atoms with Crippen molar-refractivity contribution in [2.24, 2.45) is 28.1 Å². The number of guanidine groups is 1. The Kier molecular flexibility index (Phi) is 12.5. The van der Waals surface area contributed by atoms with Gasteiger partial charge >= 0.3 is 5.97 Å². The summed E-state index contributed by atoms with van der Waals surface area (Å²) in [5.74, 6) is -3.46. The first-order valence-corrected chi connectivity index (χ1v) is 10.1. The first kappa shape index (κ1) is 27.5. The molecule has 0 rings (SSSR count). The molecule has 30 heavy (non-hydrogen) atoms. The molecule has 0 saturated carbocycles. The SMILES string of the molecule is CC(NC(=O)C(CS)NC(=O)C(NC(=O)C(N)CCCN=C(N)N)C(C)C)C(=O)O. The van der Waals surface area contributed by atoms with E-state index in [0.29, 0.717) is 19.4 Å². The van der Waals surface area contributed by atoms with Crippen LogP contribution in [0, 0.1) is 5.92 Å². The highest BCUT2D eigenvalue weighted by Gasteiger charge is 2.30. The summed E-state index contributed by atoms with van der Waals surface area (Å²) in [6, 6.07) is -4.02. The zero-order valence-electron chi connectivity index (χ0n) is 17.4. The Labute approximate surface area is 181 Å². The van der Waals surface area contributed by atoms with Crippen molar-refractivity contribution in [3.63, 3.8) is 0 Å². The van der Waals surface area contributed by atoms with Gasteiger partial charge in [-0.25, -0.2) is 0 Å². The molecular formula is C17H33N7O5S. The smallest absolute Gasteiger partial charge is 0.325 e. The number of carboxylic acid groups (broad SMARTS) is 1. The number of hydrogen-bond donors (Lipinski definition) is 8. The molecule has 4 unspecified atom stereocenters. The lowest BCUT2D eigenvalue weighted by atomic mass is 10.0. The van der Waals surface area contributed by atoms with E-state index in [4.69, 9.17) is 22.3 Å². The third kappa shape index (κ3) is 10.3. The van der Waals surface area contributed by atoms with Crippen LogP contribution in [0.4, 0.5) is 0 Å². The number of nitrogens with one attached hydrogen (secondary N) is 3. The normalized spacial score (nSPS) is 14.7. The number of amides is 3. The Morgan fingerprint density at radius 2 is 1.60 bits per heavy atom. The summed E-state index contributed by atoms with van der Waals surface area (Å²) in [7, 11) is 0. The Bertz CT molecular complexity index is 640. The molecule has 10 N–H and O–H groups in total. The number of rotatable bonds is 13. The lowest BCUT2D eigenvalue weighted by molar-refractivity contribution is -0.141. The van der Waals surface area contributed by atoms with Crippen LogP contribution in [0.3, 0.4) is 0 Å². The summed E-state index contributed by atoms with van der Waals surface area (Å²) in [6.45, 7) is 5.06. The minimum Gasteiger partial charge on any atom is -0.480 e. The molecule has 0 radical (unpaired) electrons. The van der Waals surface area contributed by atoms with Gasteiger partial charge in [0.15, 0.2) is 5.96 Å². The van der Waals surface area contributed by atoms with E-state index in [1.54, 1.807) is 13.8 Å². The van der Waals surface area contributed by atoms with Gasteiger partial charge < -0.3 is 38.3 Å². The number of nitrogens with zero attached hydrogens (tertiary/aromatic N) is 1. The second kappa shape index (κ2) is 13.6. The van der Waals surface area contributed by atoms with E-state index in [2.05, 4.69) is 33.6 Å². The maximum Gasteiger partial charge on any atom is 0.325 e. The van der Waals surface area contributed by atoms with Crippen LogP contribution in [0.25, 0.3) is 0 Å². The van der Waals surface area contributed by atoms with E-state index >= 15 is 0 Å². The van der Waals surface area contributed by atoms with Gasteiger partial charge in [-0.2, -0.15) is 12.6 Å². The fourth-order valence-electron chi connectivity index (χ4n) is 2.28. The van der Waals surface area contributed by atoms with Crippen molar-refractivity contribution in [2.45, 2.75) is 57.8 Å². The van der Waals surface area contributed by atoms with Gasteiger partial charge in [0.1, 0.15) is 18.1 Å². The molecule has 0 aliphatic carbocycles. The van der Waals surface area contributed by atoms with E-state index in [1.165, 1.54) is 6.92 Å². The zero-order valence-corrected chi connectivity index (χ0v) is 18.3. The van der Waals surface area contributed by atoms with E-state index in [1.807, 2.05) is 0 Å². The molecule has 0 fully saturated rings. The summed E-state index contributed by atoms with van der Waals surface area (Å²) >= 11 is 4.03. The Morgan fingerprint density at radius 1 is 1.00 bits per heavy atom. The second-order valence-corrected chi connectivity index (χ2v) is 7.46. The molecule has 0 bridgehead atoms. The number of aliphatic imine (C=N–C) groups is 1. The third-order valence-electron chi connectivity index (χ3n) is 4.10. The molecule has 0 aromatic rings. The van der Waals surface area contributed by atoms with E-state index in [0.717, 1.165) is 0 Å². The van der Waals surface area contributed by atoms with Gasteiger partial charge in [-0.15, -0.1) is 0 Å². The Morgan fingerprint density at radius 3 is 2.07 bits per heavy atom. The average molecular weight is 448 g/mol. The van der Waals surface area contributed by atoms with Crippen molar-refractivity contribution in [1.29, 1.82) is 0 Å². The summed E-state index contributed by atoms with van der Waals surface area (Å²) in [4.78, 5) is 51.8. The Balaban J connectivity index is 4.91. The first-order valence-electron chi connectivity index (χ1n) is 9.46. The predicted octanol–water partition coefficient (Wildman–Crippen LogP) is -2.49. The molecule has 0 aromatic heterocycles. The molecule has 13 heteroatoms. The van der Waals surface area contributed by atoms with Gasteiger partial charge in [-0.05, 0) is 25.7 Å². The van der Waals surface area contributed by atoms with E-state index in [9.17, 15) is 19.2 Å². The number of nitrogens with two attached hydrogens (primary N) is 3. The highest BCUT2D eigenvalue weighted by atomic mass is 32.1. The maximum absolute atomic E-state index is 12.6. The van der Waals surface area contributed by atoms with Crippen molar-refractivity contribution < 1.29 is 24.3 Å². The standard InChI is InChI=1S/C17H33N7O5S/c1-8(2)12(24-13(25)10(18)5-4-6-21-17(19)20)15(27)23-11(7-30)14(26)22-9(3)16(28)29/h8-12,30H,4-7,18H2,1-3H3,(H,22,26)(H,23,27)(H,24,25)(H,28,29)(H4,19,20,21). The van der Waals surface area contributed by atoms with Crippen LogP contribution >= 0.6 is 12.6 Å². The van der Waals surface area contributed by atoms with E-state index < -0.39 is 47.9 Å². The number of carbonyl (C=O) groups is 4. The number of thiol groups is 1. The van der Waals surface area contributed by atoms with Crippen molar-refractivity contribution in [2.75, 3.05) is 12.3 Å². The molecule has 0 heterocycles. The molecule has 0 aromatic carbocycles. The van der Waals surface area contributed by atoms with Crippen LogP contribution in [0.15, 0.2) is 4.99 Å². The molecule has 4 atom stereocenters. The highest BCUT2D eigenvalue weighted by Crippen LogP contribution is 2.05. The lowest BCUT2D eigenvalue weighted by Gasteiger charge is -2.26. The first-order chi connectivity index (χ1) is 13.9. The molecular weight excluding hydrogens is 414 g/mol. The summed E-state index contributed by atoms with van der Waals surface area (Å²) < 4.78 is 0. The highest BCUT2D eigenvalue weighted by molar-refractivity contribution is 7.80. The minimum absolute atomic E-state index is 0.0508. The predicted molar refractivity (Wildman–Crippen MR) is 116 cm³/mol. The monoisotopic (exact) mass is 447 g/mol. The van der Waals surface area contributed by atoms with Crippen molar-refractivity contribution in [1.82, 2.24) is 16.0 Å². The lowest BCUT2D eigenvalue weighted by Crippen LogP contribution is -2.58. The molecule has 0 aliphatic rings. The van der Waals surface area contributed by atoms with Gasteiger partial charge in [-0.1, -0.05) is 13.8 Å². The molecule has 3 amide bonds. The molecule has 172 valence electrons. The molecule has 0 aliphatic heterocycles. The van der Waals surface area contributed by atoms with Gasteiger partial charge in [-0.3, -0.25) is 24.2 Å². The third-order valence-corrected chi connectivity index (χ3v) is 4.46. The van der Waals surface area contributed by atoms with Gasteiger partial charge in [0.05, 0.1) is 6.04 Å². The van der Waals surface area contributed by atoms with Crippen LogP contribution < -0.4 is 33.2 Å². The number of carbonyl (C=O) groups excluding carboxylic acids is 3. The van der Waals surface area contributed by atoms with Gasteiger partial charge in [0, 0.05) is 12.3 Å². The fourth-order valence-corrected chi connectivity index (χ4v) is 2.53. The maximum atomic E-state index is 12.6. The molecule has 12 nitrogen and oxygen atoms in total. The van der Waals surface area contributed by atoms with Crippen LogP contribution in [-0.2, 0) is 19.2 Å². The van der Waals surface area contributed by atoms with Gasteiger partial charge in [0.2, 0.25) is 17.7 Å². The number of carboxylic acids is 1. The zero-order chi connectivity index (χ0) is 23.4. The van der Waals surface area contributed by atoms with Crippen molar-refractivity contribution >= 4 is 42.3 Å². The van der Waals surface area contributed by atoms with Crippen molar-refractivity contribution in [3.8, 4) is 0 Å². The summed E-state index contributed by atoms with van der Waals surface area (Å²) in [5.41, 5.74) is 16.3. The largest absolute Gasteiger partial charge is 0.480 e. The molecule has 0 saturated heterocycles. The number of hydrogen-bond acceptors (Lipinski definition) is 7. The summed E-state index contributed by atoms with van der Waals surface area (Å²) in [5, 5.41) is 16.2.